The van der Waals surface area contributed by atoms with Crippen LogP contribution in [0.15, 0.2) is 16.6 Å². The maximum absolute atomic E-state index is 13.2. The van der Waals surface area contributed by atoms with Gasteiger partial charge in [0.25, 0.3) is 0 Å². The number of nitrogens with one attached hydrogen (secondary N) is 1. The van der Waals surface area contributed by atoms with Crippen LogP contribution in [0.5, 0.6) is 5.75 Å². The van der Waals surface area contributed by atoms with E-state index in [1.54, 1.807) is 6.07 Å². The van der Waals surface area contributed by atoms with E-state index in [4.69, 9.17) is 4.74 Å². The van der Waals surface area contributed by atoms with Gasteiger partial charge in [-0.15, -0.1) is 0 Å². The largest absolute Gasteiger partial charge is 0.495 e. The van der Waals surface area contributed by atoms with Crippen molar-refractivity contribution >= 4 is 15.9 Å². The minimum Gasteiger partial charge on any atom is -0.495 e. The Kier molecular flexibility index (Phi) is 3.69. The number of hydrogen-bond acceptors (Lipinski definition) is 2. The van der Waals surface area contributed by atoms with Crippen LogP contribution >= 0.6 is 15.9 Å². The first-order valence-electron chi connectivity index (χ1n) is 3.85. The molecule has 0 aliphatic heterocycles. The van der Waals surface area contributed by atoms with Gasteiger partial charge in [0.15, 0.2) is 0 Å². The first kappa shape index (κ1) is 10.5. The van der Waals surface area contributed by atoms with Gasteiger partial charge in [0.2, 0.25) is 0 Å². The predicted octanol–water partition coefficient (Wildman–Crippen LogP) is 2.32. The fourth-order valence-electron chi connectivity index (χ4n) is 1.07. The molecule has 2 nitrogen and oxygen atoms in total. The summed E-state index contributed by atoms with van der Waals surface area (Å²) in [6, 6.07) is 3.27. The molecule has 0 saturated heterocycles. The molecule has 0 atom stereocenters. The highest BCUT2D eigenvalue weighted by molar-refractivity contribution is 9.10. The van der Waals surface area contributed by atoms with E-state index in [-0.39, 0.29) is 5.82 Å². The van der Waals surface area contributed by atoms with Gasteiger partial charge < -0.3 is 10.1 Å². The molecular weight excluding hydrogens is 237 g/mol. The molecule has 0 aliphatic rings. The molecule has 0 unspecified atom stereocenters. The van der Waals surface area contributed by atoms with Gasteiger partial charge in [-0.05, 0) is 40.7 Å². The molecule has 0 aromatic heterocycles. The van der Waals surface area contributed by atoms with Crippen molar-refractivity contribution < 1.29 is 9.13 Å². The molecule has 0 saturated carbocycles. The van der Waals surface area contributed by atoms with Gasteiger partial charge in [-0.25, -0.2) is 4.39 Å². The zero-order valence-electron chi connectivity index (χ0n) is 7.53. The van der Waals surface area contributed by atoms with Crippen LogP contribution in [0, 0.1) is 5.82 Å². The molecule has 0 fully saturated rings. The zero-order valence-corrected chi connectivity index (χ0v) is 9.11. The van der Waals surface area contributed by atoms with Crippen LogP contribution in [-0.2, 0) is 6.54 Å². The Labute approximate surface area is 85.2 Å². The predicted molar refractivity (Wildman–Crippen MR) is 53.4 cm³/mol. The van der Waals surface area contributed by atoms with Crippen molar-refractivity contribution in [1.82, 2.24) is 5.32 Å². The van der Waals surface area contributed by atoms with Gasteiger partial charge in [-0.2, -0.15) is 0 Å². The van der Waals surface area contributed by atoms with Gasteiger partial charge in [0.1, 0.15) is 11.6 Å². The smallest absolute Gasteiger partial charge is 0.141 e. The van der Waals surface area contributed by atoms with Crippen molar-refractivity contribution in [3.05, 3.63) is 28.0 Å². The van der Waals surface area contributed by atoms with E-state index >= 15 is 0 Å². The van der Waals surface area contributed by atoms with Crippen LogP contribution in [-0.4, -0.2) is 14.2 Å². The highest BCUT2D eigenvalue weighted by Gasteiger charge is 2.07. The van der Waals surface area contributed by atoms with E-state index in [1.807, 2.05) is 7.05 Å². The van der Waals surface area contributed by atoms with E-state index in [1.165, 1.54) is 13.2 Å². The van der Waals surface area contributed by atoms with Crippen LogP contribution < -0.4 is 10.1 Å². The summed E-state index contributed by atoms with van der Waals surface area (Å²) in [6.45, 7) is 0.626. The van der Waals surface area contributed by atoms with Gasteiger partial charge >= 0.3 is 0 Å². The van der Waals surface area contributed by atoms with E-state index in [2.05, 4.69) is 21.2 Å². The lowest BCUT2D eigenvalue weighted by Crippen LogP contribution is -2.05. The highest BCUT2D eigenvalue weighted by atomic mass is 79.9. The molecule has 1 N–H and O–H groups in total. The molecule has 0 aliphatic carbocycles. The standard InChI is InChI=1S/C9H11BrFNO/c1-12-5-6-3-7(11)9(10)8(4-6)13-2/h3-4,12H,5H2,1-2H3. The van der Waals surface area contributed by atoms with E-state index in [0.717, 1.165) is 5.56 Å². The Bertz CT molecular complexity index is 304. The average Bonchev–Trinajstić information content (AvgIpc) is 2.11. The molecule has 0 spiro atoms. The molecule has 0 heterocycles. The minimum absolute atomic E-state index is 0.301. The Balaban J connectivity index is 3.06. The Hall–Kier alpha value is -0.610. The van der Waals surface area contributed by atoms with Crippen molar-refractivity contribution in [1.29, 1.82) is 0 Å². The van der Waals surface area contributed by atoms with Crippen LogP contribution in [0.2, 0.25) is 0 Å². The van der Waals surface area contributed by atoms with E-state index < -0.39 is 0 Å². The maximum Gasteiger partial charge on any atom is 0.141 e. The first-order valence-corrected chi connectivity index (χ1v) is 4.65. The molecule has 1 aromatic rings. The maximum atomic E-state index is 13.2. The lowest BCUT2D eigenvalue weighted by molar-refractivity contribution is 0.407. The third-order valence-corrected chi connectivity index (χ3v) is 2.43. The number of hydrogen-bond donors (Lipinski definition) is 1. The molecule has 13 heavy (non-hydrogen) atoms. The van der Waals surface area contributed by atoms with Crippen LogP contribution in [0.4, 0.5) is 4.39 Å². The van der Waals surface area contributed by atoms with Crippen molar-refractivity contribution in [2.75, 3.05) is 14.2 Å². The zero-order chi connectivity index (χ0) is 9.84. The summed E-state index contributed by atoms with van der Waals surface area (Å²) in [6.07, 6.45) is 0. The normalized spacial score (nSPS) is 10.2. The molecule has 1 rings (SSSR count). The summed E-state index contributed by atoms with van der Waals surface area (Å²) >= 11 is 3.11. The lowest BCUT2D eigenvalue weighted by atomic mass is 10.2. The third kappa shape index (κ3) is 2.42. The Morgan fingerprint density at radius 3 is 2.77 bits per heavy atom. The average molecular weight is 248 g/mol. The number of halogens is 2. The summed E-state index contributed by atoms with van der Waals surface area (Å²) in [7, 11) is 3.33. The van der Waals surface area contributed by atoms with Crippen molar-refractivity contribution in [2.24, 2.45) is 0 Å². The van der Waals surface area contributed by atoms with Crippen LogP contribution in [0.25, 0.3) is 0 Å². The topological polar surface area (TPSA) is 21.3 Å². The molecule has 72 valence electrons. The number of benzene rings is 1. The van der Waals surface area contributed by atoms with Crippen molar-refractivity contribution in [3.63, 3.8) is 0 Å². The van der Waals surface area contributed by atoms with Gasteiger partial charge in [0.05, 0.1) is 11.6 Å². The van der Waals surface area contributed by atoms with Crippen molar-refractivity contribution in [2.45, 2.75) is 6.54 Å². The van der Waals surface area contributed by atoms with Crippen LogP contribution in [0.1, 0.15) is 5.56 Å². The second-order valence-corrected chi connectivity index (χ2v) is 3.42. The minimum atomic E-state index is -0.301. The number of methoxy groups -OCH3 is 1. The second kappa shape index (κ2) is 4.58. The molecule has 1 aromatic carbocycles. The first-order chi connectivity index (χ1) is 6.19. The number of rotatable bonds is 3. The Morgan fingerprint density at radius 1 is 1.54 bits per heavy atom. The molecular formula is C9H11BrFNO. The lowest BCUT2D eigenvalue weighted by Gasteiger charge is -2.07. The van der Waals surface area contributed by atoms with Gasteiger partial charge in [-0.1, -0.05) is 0 Å². The SMILES string of the molecule is CNCc1cc(F)c(Br)c(OC)c1. The summed E-state index contributed by atoms with van der Waals surface area (Å²) < 4.78 is 18.6. The third-order valence-electron chi connectivity index (χ3n) is 1.66. The van der Waals surface area contributed by atoms with Gasteiger partial charge in [-0.3, -0.25) is 0 Å². The fraction of sp³-hybridized carbons (Fsp3) is 0.333. The summed E-state index contributed by atoms with van der Waals surface area (Å²) in [5.74, 6) is 0.217. The molecule has 4 heteroatoms. The van der Waals surface area contributed by atoms with E-state index in [0.29, 0.717) is 16.8 Å². The monoisotopic (exact) mass is 247 g/mol. The fourth-order valence-corrected chi connectivity index (χ4v) is 1.46. The van der Waals surface area contributed by atoms with Crippen LogP contribution in [0.3, 0.4) is 0 Å². The molecule has 0 amide bonds. The molecule has 0 bridgehead atoms. The van der Waals surface area contributed by atoms with Crippen molar-refractivity contribution in [3.8, 4) is 5.75 Å². The highest BCUT2D eigenvalue weighted by Crippen LogP contribution is 2.28. The second-order valence-electron chi connectivity index (χ2n) is 2.62. The van der Waals surface area contributed by atoms with E-state index in [9.17, 15) is 4.39 Å². The number of ether oxygens (including phenoxy) is 1. The summed E-state index contributed by atoms with van der Waals surface area (Å²) in [5, 5.41) is 2.94. The summed E-state index contributed by atoms with van der Waals surface area (Å²) in [5.41, 5.74) is 0.861. The Morgan fingerprint density at radius 2 is 2.23 bits per heavy atom. The summed E-state index contributed by atoms with van der Waals surface area (Å²) in [4.78, 5) is 0. The molecule has 0 radical (unpaired) electrons. The quantitative estimate of drug-likeness (QED) is 0.886. The van der Waals surface area contributed by atoms with Gasteiger partial charge in [0, 0.05) is 6.54 Å².